The first-order valence-corrected chi connectivity index (χ1v) is 6.17. The summed E-state index contributed by atoms with van der Waals surface area (Å²) >= 11 is 0. The maximum absolute atomic E-state index is 12.0. The average molecular weight is 276 g/mol. The molecule has 0 bridgehead atoms. The molecule has 0 aliphatic rings. The molecule has 2 unspecified atom stereocenters. The van der Waals surface area contributed by atoms with Crippen molar-refractivity contribution < 1.29 is 14.7 Å². The van der Waals surface area contributed by atoms with Gasteiger partial charge in [-0.05, 0) is 19.1 Å². The molecular formula is C13H16N4O3. The van der Waals surface area contributed by atoms with Gasteiger partial charge in [-0.1, -0.05) is 12.1 Å². The number of benzene rings is 1. The molecule has 0 saturated carbocycles. The van der Waals surface area contributed by atoms with Crippen molar-refractivity contribution in [2.75, 3.05) is 6.54 Å². The van der Waals surface area contributed by atoms with Crippen molar-refractivity contribution in [3.63, 3.8) is 0 Å². The van der Waals surface area contributed by atoms with E-state index in [0.29, 0.717) is 0 Å². The summed E-state index contributed by atoms with van der Waals surface area (Å²) in [6.07, 6.45) is 0.199. The van der Waals surface area contributed by atoms with Crippen LogP contribution >= 0.6 is 0 Å². The van der Waals surface area contributed by atoms with Gasteiger partial charge in [-0.2, -0.15) is 0 Å². The number of aliphatic hydroxyl groups excluding tert-OH is 1. The highest BCUT2D eigenvalue weighted by Gasteiger charge is 2.19. The van der Waals surface area contributed by atoms with Gasteiger partial charge in [0.25, 0.3) is 0 Å². The summed E-state index contributed by atoms with van der Waals surface area (Å²) < 4.78 is 1.72. The number of carbonyl (C=O) groups is 2. The van der Waals surface area contributed by atoms with Crippen molar-refractivity contribution in [2.24, 2.45) is 5.73 Å². The Morgan fingerprint density at radius 3 is 2.85 bits per heavy atom. The number of nitrogens with two attached hydrogens (primary N) is 1. The van der Waals surface area contributed by atoms with Crippen LogP contribution in [-0.4, -0.2) is 39.1 Å². The zero-order valence-corrected chi connectivity index (χ0v) is 11.0. The predicted molar refractivity (Wildman–Crippen MR) is 72.7 cm³/mol. The van der Waals surface area contributed by atoms with E-state index < -0.39 is 18.1 Å². The van der Waals surface area contributed by atoms with E-state index in [1.807, 2.05) is 24.3 Å². The number of nitrogens with one attached hydrogen (secondary N) is 1. The van der Waals surface area contributed by atoms with Gasteiger partial charge in [0.05, 0.1) is 23.9 Å². The van der Waals surface area contributed by atoms with Crippen LogP contribution in [0.4, 0.5) is 0 Å². The molecule has 2 atom stereocenters. The second-order valence-electron chi connectivity index (χ2n) is 4.48. The van der Waals surface area contributed by atoms with Gasteiger partial charge >= 0.3 is 0 Å². The van der Waals surface area contributed by atoms with E-state index in [1.165, 1.54) is 0 Å². The minimum absolute atomic E-state index is 0.203. The van der Waals surface area contributed by atoms with E-state index >= 15 is 0 Å². The van der Waals surface area contributed by atoms with Crippen LogP contribution in [0.25, 0.3) is 11.0 Å². The van der Waals surface area contributed by atoms with Gasteiger partial charge in [-0.3, -0.25) is 9.59 Å². The van der Waals surface area contributed by atoms with E-state index in [1.54, 1.807) is 17.8 Å². The minimum atomic E-state index is -1.38. The quantitative estimate of drug-likeness (QED) is 0.687. The SMILES string of the molecule is CC(C(=O)NCC(O)C(N)=O)n1cnc2ccccc21. The molecule has 0 saturated heterocycles. The molecule has 1 aromatic carbocycles. The van der Waals surface area contributed by atoms with Crippen molar-refractivity contribution in [3.8, 4) is 0 Å². The first-order chi connectivity index (χ1) is 9.50. The third kappa shape index (κ3) is 2.77. The third-order valence-electron chi connectivity index (χ3n) is 3.08. The third-order valence-corrected chi connectivity index (χ3v) is 3.08. The topological polar surface area (TPSA) is 110 Å². The van der Waals surface area contributed by atoms with Crippen molar-refractivity contribution in [1.82, 2.24) is 14.9 Å². The van der Waals surface area contributed by atoms with Crippen LogP contribution in [0.5, 0.6) is 0 Å². The normalized spacial score (nSPS) is 13.9. The summed E-state index contributed by atoms with van der Waals surface area (Å²) in [6, 6.07) is 6.94. The molecule has 0 spiro atoms. The molecule has 7 heteroatoms. The Kier molecular flexibility index (Phi) is 3.99. The maximum Gasteiger partial charge on any atom is 0.248 e. The van der Waals surface area contributed by atoms with E-state index in [-0.39, 0.29) is 12.5 Å². The lowest BCUT2D eigenvalue weighted by Gasteiger charge is -2.15. The molecule has 1 aromatic heterocycles. The Balaban J connectivity index is 2.09. The van der Waals surface area contributed by atoms with Gasteiger partial charge in [-0.25, -0.2) is 4.98 Å². The Labute approximate surface area is 115 Å². The van der Waals surface area contributed by atoms with Crippen LogP contribution < -0.4 is 11.1 Å². The van der Waals surface area contributed by atoms with Gasteiger partial charge < -0.3 is 20.7 Å². The second-order valence-corrected chi connectivity index (χ2v) is 4.48. The number of primary amides is 1. The Morgan fingerprint density at radius 1 is 1.45 bits per heavy atom. The number of nitrogens with zero attached hydrogens (tertiary/aromatic N) is 2. The van der Waals surface area contributed by atoms with Crippen LogP contribution in [0.15, 0.2) is 30.6 Å². The molecule has 2 aromatic rings. The monoisotopic (exact) mass is 276 g/mol. The van der Waals surface area contributed by atoms with Gasteiger partial charge in [0.15, 0.2) is 0 Å². The number of para-hydroxylation sites is 2. The molecule has 0 aliphatic heterocycles. The summed E-state index contributed by atoms with van der Waals surface area (Å²) in [5.74, 6) is -1.19. The molecule has 2 amide bonds. The molecule has 2 rings (SSSR count). The van der Waals surface area contributed by atoms with Gasteiger partial charge in [0.1, 0.15) is 12.1 Å². The van der Waals surface area contributed by atoms with Crippen LogP contribution in [0.1, 0.15) is 13.0 Å². The van der Waals surface area contributed by atoms with E-state index in [0.717, 1.165) is 11.0 Å². The van der Waals surface area contributed by atoms with Gasteiger partial charge in [0.2, 0.25) is 11.8 Å². The van der Waals surface area contributed by atoms with Crippen LogP contribution in [0.2, 0.25) is 0 Å². The lowest BCUT2D eigenvalue weighted by molar-refractivity contribution is -0.127. The molecular weight excluding hydrogens is 260 g/mol. The average Bonchev–Trinajstić information content (AvgIpc) is 2.87. The first kappa shape index (κ1) is 14.0. The van der Waals surface area contributed by atoms with Crippen molar-refractivity contribution in [3.05, 3.63) is 30.6 Å². The van der Waals surface area contributed by atoms with Gasteiger partial charge in [-0.15, -0.1) is 0 Å². The fourth-order valence-corrected chi connectivity index (χ4v) is 1.86. The molecule has 4 N–H and O–H groups in total. The fourth-order valence-electron chi connectivity index (χ4n) is 1.86. The van der Waals surface area contributed by atoms with E-state index in [9.17, 15) is 14.7 Å². The molecule has 1 heterocycles. The lowest BCUT2D eigenvalue weighted by atomic mass is 10.2. The van der Waals surface area contributed by atoms with Crippen LogP contribution in [0, 0.1) is 0 Å². The molecule has 20 heavy (non-hydrogen) atoms. The molecule has 0 radical (unpaired) electrons. The second kappa shape index (κ2) is 5.70. The summed E-state index contributed by atoms with van der Waals surface area (Å²) in [5.41, 5.74) is 6.55. The van der Waals surface area contributed by atoms with Gasteiger partial charge in [0, 0.05) is 0 Å². The lowest BCUT2D eigenvalue weighted by Crippen LogP contribution is -2.41. The predicted octanol–water partition coefficient (Wildman–Crippen LogP) is -0.440. The zero-order chi connectivity index (χ0) is 14.7. The Morgan fingerprint density at radius 2 is 2.15 bits per heavy atom. The highest BCUT2D eigenvalue weighted by Crippen LogP contribution is 2.17. The number of hydrogen-bond donors (Lipinski definition) is 3. The largest absolute Gasteiger partial charge is 0.381 e. The first-order valence-electron chi connectivity index (χ1n) is 6.17. The molecule has 0 fully saturated rings. The number of aliphatic hydroxyl groups is 1. The summed E-state index contributed by atoms with van der Waals surface area (Å²) in [6.45, 7) is 1.51. The summed E-state index contributed by atoms with van der Waals surface area (Å²) in [7, 11) is 0. The van der Waals surface area contributed by atoms with E-state index in [4.69, 9.17) is 5.73 Å². The van der Waals surface area contributed by atoms with Crippen molar-refractivity contribution in [1.29, 1.82) is 0 Å². The molecule has 0 aliphatic carbocycles. The van der Waals surface area contributed by atoms with Crippen molar-refractivity contribution >= 4 is 22.8 Å². The minimum Gasteiger partial charge on any atom is -0.381 e. The Bertz CT molecular complexity index is 637. The standard InChI is InChI=1S/C13H16N4O3/c1-8(13(20)15-6-11(18)12(14)19)17-7-16-9-4-2-3-5-10(9)17/h2-5,7-8,11,18H,6H2,1H3,(H2,14,19)(H,15,20). The fraction of sp³-hybridized carbons (Fsp3) is 0.308. The zero-order valence-electron chi connectivity index (χ0n) is 11.0. The number of imidazole rings is 1. The number of rotatable bonds is 5. The Hall–Kier alpha value is -2.41. The number of amides is 2. The smallest absolute Gasteiger partial charge is 0.248 e. The van der Waals surface area contributed by atoms with Crippen molar-refractivity contribution in [2.45, 2.75) is 19.1 Å². The van der Waals surface area contributed by atoms with E-state index in [2.05, 4.69) is 10.3 Å². The summed E-state index contributed by atoms with van der Waals surface area (Å²) in [4.78, 5) is 26.9. The maximum atomic E-state index is 12.0. The molecule has 7 nitrogen and oxygen atoms in total. The van der Waals surface area contributed by atoms with Crippen LogP contribution in [0.3, 0.4) is 0 Å². The molecule has 106 valence electrons. The summed E-state index contributed by atoms with van der Waals surface area (Å²) in [5, 5.41) is 11.7. The van der Waals surface area contributed by atoms with Crippen LogP contribution in [-0.2, 0) is 9.59 Å². The number of carbonyl (C=O) groups excluding carboxylic acids is 2. The highest BCUT2D eigenvalue weighted by molar-refractivity contribution is 5.84. The number of fused-ring (bicyclic) bond motifs is 1. The number of aromatic nitrogens is 2. The highest BCUT2D eigenvalue weighted by atomic mass is 16.3. The number of hydrogen-bond acceptors (Lipinski definition) is 4.